The highest BCUT2D eigenvalue weighted by atomic mass is 32.2. The topological polar surface area (TPSA) is 74.7 Å². The zero-order chi connectivity index (χ0) is 11.5. The molecular weight excluding hydrogens is 218 g/mol. The summed E-state index contributed by atoms with van der Waals surface area (Å²) in [5.74, 6) is -2.08. The average Bonchev–Trinajstić information content (AvgIpc) is 2.54. The maximum atomic E-state index is 11.7. The summed E-state index contributed by atoms with van der Waals surface area (Å²) in [6.07, 6.45) is 3.77. The number of sulfonamides is 1. The van der Waals surface area contributed by atoms with Gasteiger partial charge in [-0.2, -0.15) is 4.31 Å². The van der Waals surface area contributed by atoms with E-state index in [1.165, 1.54) is 4.31 Å². The van der Waals surface area contributed by atoms with Crippen LogP contribution in [0, 0.1) is 0 Å². The van der Waals surface area contributed by atoms with Crippen molar-refractivity contribution in [1.29, 1.82) is 0 Å². The monoisotopic (exact) mass is 235 g/mol. The molecule has 1 fully saturated rings. The maximum absolute atomic E-state index is 11.7. The molecule has 0 unspecified atom stereocenters. The summed E-state index contributed by atoms with van der Waals surface area (Å²) in [4.78, 5) is 10.4. The fourth-order valence-electron chi connectivity index (χ4n) is 2.11. The Balaban J connectivity index is 2.76. The first kappa shape index (κ1) is 12.4. The Hall–Kier alpha value is -0.620. The van der Waals surface area contributed by atoms with E-state index in [1.54, 1.807) is 6.92 Å². The van der Waals surface area contributed by atoms with E-state index >= 15 is 0 Å². The summed E-state index contributed by atoms with van der Waals surface area (Å²) in [6, 6.07) is 0.0133. The van der Waals surface area contributed by atoms with Gasteiger partial charge in [-0.05, 0) is 12.8 Å². The summed E-state index contributed by atoms with van der Waals surface area (Å²) in [5.41, 5.74) is 0. The first-order chi connectivity index (χ1) is 6.97. The van der Waals surface area contributed by atoms with Crippen molar-refractivity contribution in [2.45, 2.75) is 38.6 Å². The normalized spacial score (nSPS) is 18.5. The van der Waals surface area contributed by atoms with E-state index in [1.807, 2.05) is 0 Å². The number of carboxylic acid groups (broad SMARTS) is 1. The van der Waals surface area contributed by atoms with E-state index < -0.39 is 21.7 Å². The molecular formula is C9H17NO4S. The predicted octanol–water partition coefficient (Wildman–Crippen LogP) is 0.665. The summed E-state index contributed by atoms with van der Waals surface area (Å²) in [6.45, 7) is 2.11. The summed E-state index contributed by atoms with van der Waals surface area (Å²) < 4.78 is 24.8. The number of hydrogen-bond donors (Lipinski definition) is 1. The molecule has 0 bridgehead atoms. The maximum Gasteiger partial charge on any atom is 0.320 e. The molecule has 1 aliphatic rings. The molecule has 5 nitrogen and oxygen atoms in total. The van der Waals surface area contributed by atoms with E-state index in [9.17, 15) is 13.2 Å². The minimum atomic E-state index is -3.62. The second kappa shape index (κ2) is 4.94. The highest BCUT2D eigenvalue weighted by molar-refractivity contribution is 7.89. The van der Waals surface area contributed by atoms with Gasteiger partial charge in [0, 0.05) is 12.6 Å². The van der Waals surface area contributed by atoms with Crippen LogP contribution in [0.2, 0.25) is 0 Å². The number of hydrogen-bond acceptors (Lipinski definition) is 3. The molecule has 0 aliphatic heterocycles. The van der Waals surface area contributed by atoms with Crippen LogP contribution in [0.1, 0.15) is 32.6 Å². The number of carboxylic acids is 1. The molecule has 0 aromatic rings. The lowest BCUT2D eigenvalue weighted by Crippen LogP contribution is -2.41. The Labute approximate surface area is 90.1 Å². The molecule has 1 N–H and O–H groups in total. The molecule has 0 amide bonds. The molecule has 1 aliphatic carbocycles. The molecule has 0 aromatic carbocycles. The smallest absolute Gasteiger partial charge is 0.320 e. The lowest BCUT2D eigenvalue weighted by Gasteiger charge is -2.25. The Morgan fingerprint density at radius 3 is 2.33 bits per heavy atom. The van der Waals surface area contributed by atoms with Gasteiger partial charge in [0.1, 0.15) is 0 Å². The van der Waals surface area contributed by atoms with Gasteiger partial charge in [0.25, 0.3) is 0 Å². The van der Waals surface area contributed by atoms with Crippen LogP contribution in [-0.2, 0) is 14.8 Å². The third kappa shape index (κ3) is 3.17. The van der Waals surface area contributed by atoms with Gasteiger partial charge in [-0.25, -0.2) is 8.42 Å². The fourth-order valence-corrected chi connectivity index (χ4v) is 3.65. The van der Waals surface area contributed by atoms with Crippen molar-refractivity contribution >= 4 is 16.0 Å². The van der Waals surface area contributed by atoms with E-state index in [-0.39, 0.29) is 6.04 Å². The minimum Gasteiger partial charge on any atom is -0.480 e. The Kier molecular flexibility index (Phi) is 4.10. The van der Waals surface area contributed by atoms with Crippen LogP contribution < -0.4 is 0 Å². The van der Waals surface area contributed by atoms with E-state index in [0.29, 0.717) is 6.54 Å². The molecule has 15 heavy (non-hydrogen) atoms. The largest absolute Gasteiger partial charge is 0.480 e. The summed E-state index contributed by atoms with van der Waals surface area (Å²) in [5, 5.41) is 8.53. The van der Waals surface area contributed by atoms with Gasteiger partial charge < -0.3 is 5.11 Å². The third-order valence-electron chi connectivity index (χ3n) is 2.71. The molecule has 1 saturated carbocycles. The van der Waals surface area contributed by atoms with Gasteiger partial charge in [0.05, 0.1) is 0 Å². The Morgan fingerprint density at radius 1 is 1.40 bits per heavy atom. The van der Waals surface area contributed by atoms with Crippen molar-refractivity contribution in [2.24, 2.45) is 0 Å². The number of aliphatic carboxylic acids is 1. The molecule has 0 heterocycles. The van der Waals surface area contributed by atoms with Crippen molar-refractivity contribution in [2.75, 3.05) is 12.3 Å². The predicted molar refractivity (Wildman–Crippen MR) is 56.1 cm³/mol. The van der Waals surface area contributed by atoms with Gasteiger partial charge >= 0.3 is 5.97 Å². The second-order valence-electron chi connectivity index (χ2n) is 3.79. The van der Waals surface area contributed by atoms with Gasteiger partial charge in [-0.1, -0.05) is 19.8 Å². The lowest BCUT2D eigenvalue weighted by atomic mass is 10.2. The van der Waals surface area contributed by atoms with Crippen molar-refractivity contribution in [1.82, 2.24) is 4.31 Å². The highest BCUT2D eigenvalue weighted by Crippen LogP contribution is 2.25. The lowest BCUT2D eigenvalue weighted by molar-refractivity contribution is -0.134. The van der Waals surface area contributed by atoms with Crippen LogP contribution >= 0.6 is 0 Å². The van der Waals surface area contributed by atoms with E-state index in [2.05, 4.69) is 0 Å². The fraction of sp³-hybridized carbons (Fsp3) is 0.889. The zero-order valence-corrected chi connectivity index (χ0v) is 9.66. The molecule has 1 rings (SSSR count). The van der Waals surface area contributed by atoms with Crippen molar-refractivity contribution in [3.8, 4) is 0 Å². The van der Waals surface area contributed by atoms with Crippen LogP contribution in [-0.4, -0.2) is 42.1 Å². The van der Waals surface area contributed by atoms with Crippen LogP contribution in [0.25, 0.3) is 0 Å². The first-order valence-electron chi connectivity index (χ1n) is 5.18. The van der Waals surface area contributed by atoms with Gasteiger partial charge in [-0.15, -0.1) is 0 Å². The second-order valence-corrected chi connectivity index (χ2v) is 5.71. The van der Waals surface area contributed by atoms with Crippen molar-refractivity contribution in [3.05, 3.63) is 0 Å². The molecule has 88 valence electrons. The van der Waals surface area contributed by atoms with Gasteiger partial charge in [0.2, 0.25) is 10.0 Å². The number of nitrogens with zero attached hydrogens (tertiary/aromatic N) is 1. The van der Waals surface area contributed by atoms with Crippen LogP contribution in [0.15, 0.2) is 0 Å². The van der Waals surface area contributed by atoms with Gasteiger partial charge in [0.15, 0.2) is 5.75 Å². The van der Waals surface area contributed by atoms with E-state index in [0.717, 1.165) is 25.7 Å². The van der Waals surface area contributed by atoms with Crippen LogP contribution in [0.5, 0.6) is 0 Å². The molecule has 6 heteroatoms. The standard InChI is InChI=1S/C9H17NO4S/c1-2-10(8-5-3-4-6-8)15(13,14)7-9(11)12/h8H,2-7H2,1H3,(H,11,12). The number of rotatable bonds is 5. The Bertz CT molecular complexity index is 319. The summed E-state index contributed by atoms with van der Waals surface area (Å²) >= 11 is 0. The zero-order valence-electron chi connectivity index (χ0n) is 8.85. The quantitative estimate of drug-likeness (QED) is 0.759. The van der Waals surface area contributed by atoms with Crippen molar-refractivity contribution < 1.29 is 18.3 Å². The molecule has 0 spiro atoms. The molecule has 0 saturated heterocycles. The minimum absolute atomic E-state index is 0.0133. The SMILES string of the molecule is CCN(C1CCCC1)S(=O)(=O)CC(=O)O. The van der Waals surface area contributed by atoms with Crippen molar-refractivity contribution in [3.63, 3.8) is 0 Å². The van der Waals surface area contributed by atoms with Crippen LogP contribution in [0.4, 0.5) is 0 Å². The van der Waals surface area contributed by atoms with Gasteiger partial charge in [-0.3, -0.25) is 4.79 Å². The summed E-state index contributed by atoms with van der Waals surface area (Å²) in [7, 11) is -3.62. The molecule has 0 atom stereocenters. The average molecular weight is 235 g/mol. The number of carbonyl (C=O) groups is 1. The molecule has 0 radical (unpaired) electrons. The third-order valence-corrected chi connectivity index (χ3v) is 4.59. The molecule has 0 aromatic heterocycles. The highest BCUT2D eigenvalue weighted by Gasteiger charge is 2.31. The van der Waals surface area contributed by atoms with Crippen LogP contribution in [0.3, 0.4) is 0 Å². The first-order valence-corrected chi connectivity index (χ1v) is 6.79. The Morgan fingerprint density at radius 2 is 1.93 bits per heavy atom. The van der Waals surface area contributed by atoms with E-state index in [4.69, 9.17) is 5.11 Å².